The molecule has 0 fully saturated rings. The zero-order valence-corrected chi connectivity index (χ0v) is 12.9. The van der Waals surface area contributed by atoms with Gasteiger partial charge in [-0.2, -0.15) is 0 Å². The van der Waals surface area contributed by atoms with Gasteiger partial charge in [0.15, 0.2) is 0 Å². The van der Waals surface area contributed by atoms with Crippen LogP contribution in [0.1, 0.15) is 25.0 Å². The first-order valence-corrected chi connectivity index (χ1v) is 7.46. The first-order chi connectivity index (χ1) is 10.5. The first-order valence-electron chi connectivity index (χ1n) is 7.46. The van der Waals surface area contributed by atoms with Gasteiger partial charge in [0.2, 0.25) is 0 Å². The van der Waals surface area contributed by atoms with E-state index in [1.54, 1.807) is 13.8 Å². The number of ether oxygens (including phenoxy) is 1. The average molecular weight is 292 g/mol. The van der Waals surface area contributed by atoms with E-state index in [1.165, 1.54) is 0 Å². The highest BCUT2D eigenvalue weighted by Crippen LogP contribution is 2.27. The van der Waals surface area contributed by atoms with Crippen LogP contribution in [0, 0.1) is 0 Å². The molecule has 0 aliphatic heterocycles. The highest BCUT2D eigenvalue weighted by Gasteiger charge is 2.15. The van der Waals surface area contributed by atoms with Crippen LogP contribution in [0.4, 0.5) is 0 Å². The predicted octanol–water partition coefficient (Wildman–Crippen LogP) is 4.65. The van der Waals surface area contributed by atoms with Gasteiger partial charge in [-0.25, -0.2) is 0 Å². The van der Waals surface area contributed by atoms with Crippen LogP contribution in [0.15, 0.2) is 66.7 Å². The molecule has 0 saturated heterocycles. The monoisotopic (exact) mass is 292 g/mol. The summed E-state index contributed by atoms with van der Waals surface area (Å²) in [5.41, 5.74) is 1.21. The molecular weight excluding hydrogens is 272 g/mol. The van der Waals surface area contributed by atoms with Crippen LogP contribution >= 0.6 is 0 Å². The molecule has 0 bridgehead atoms. The summed E-state index contributed by atoms with van der Waals surface area (Å²) < 4.78 is 5.86. The van der Waals surface area contributed by atoms with Gasteiger partial charge in [0.25, 0.3) is 0 Å². The number of hydrogen-bond acceptors (Lipinski definition) is 2. The molecule has 0 atom stereocenters. The molecule has 0 saturated carbocycles. The fraction of sp³-hybridized carbons (Fsp3) is 0.200. The third kappa shape index (κ3) is 3.29. The lowest BCUT2D eigenvalue weighted by Crippen LogP contribution is -2.14. The highest BCUT2D eigenvalue weighted by molar-refractivity contribution is 5.84. The summed E-state index contributed by atoms with van der Waals surface area (Å²) in [4.78, 5) is 0. The maximum atomic E-state index is 10.1. The summed E-state index contributed by atoms with van der Waals surface area (Å²) in [5.74, 6) is 0.837. The molecule has 0 amide bonds. The van der Waals surface area contributed by atoms with Gasteiger partial charge in [-0.05, 0) is 53.9 Å². The van der Waals surface area contributed by atoms with Crippen molar-refractivity contribution in [3.63, 3.8) is 0 Å². The van der Waals surface area contributed by atoms with Crippen molar-refractivity contribution in [2.75, 3.05) is 0 Å². The smallest absolute Gasteiger partial charge is 0.120 e. The van der Waals surface area contributed by atoms with Crippen molar-refractivity contribution >= 4 is 10.8 Å². The largest absolute Gasteiger partial charge is 0.489 e. The first kappa shape index (κ1) is 14.6. The molecule has 3 aromatic carbocycles. The van der Waals surface area contributed by atoms with Gasteiger partial charge in [0.1, 0.15) is 12.4 Å². The van der Waals surface area contributed by atoms with Gasteiger partial charge in [-0.1, -0.05) is 48.5 Å². The van der Waals surface area contributed by atoms with Crippen molar-refractivity contribution < 1.29 is 9.84 Å². The molecule has 1 N–H and O–H groups in total. The molecule has 0 unspecified atom stereocenters. The van der Waals surface area contributed by atoms with Gasteiger partial charge >= 0.3 is 0 Å². The third-order valence-electron chi connectivity index (χ3n) is 3.77. The van der Waals surface area contributed by atoms with Crippen LogP contribution in [0.2, 0.25) is 0 Å². The Hall–Kier alpha value is -2.32. The molecule has 0 aliphatic carbocycles. The second-order valence-corrected chi connectivity index (χ2v) is 6.06. The number of rotatable bonds is 4. The van der Waals surface area contributed by atoms with Crippen molar-refractivity contribution in [1.82, 2.24) is 0 Å². The zero-order valence-electron chi connectivity index (χ0n) is 12.9. The Labute approximate surface area is 131 Å². The standard InChI is InChI=1S/C20H20O2/c1-20(2,21)18-10-8-16-9-11-19(13-17(16)12-18)22-14-15-6-4-3-5-7-15/h3-13,21H,14H2,1-2H3. The zero-order chi connectivity index (χ0) is 15.6. The summed E-state index contributed by atoms with van der Waals surface area (Å²) in [5, 5.41) is 12.4. The number of benzene rings is 3. The van der Waals surface area contributed by atoms with Crippen LogP contribution in [0.3, 0.4) is 0 Å². The Kier molecular flexibility index (Phi) is 3.86. The van der Waals surface area contributed by atoms with E-state index < -0.39 is 5.60 Å². The van der Waals surface area contributed by atoms with Crippen LogP contribution in [0.5, 0.6) is 5.75 Å². The normalized spacial score (nSPS) is 11.6. The molecule has 0 aromatic heterocycles. The lowest BCUT2D eigenvalue weighted by molar-refractivity contribution is 0.0787. The molecule has 112 valence electrons. The average Bonchev–Trinajstić information content (AvgIpc) is 2.52. The molecule has 0 spiro atoms. The minimum Gasteiger partial charge on any atom is -0.489 e. The summed E-state index contributed by atoms with van der Waals surface area (Å²) >= 11 is 0. The second kappa shape index (κ2) is 5.82. The summed E-state index contributed by atoms with van der Waals surface area (Å²) in [7, 11) is 0. The van der Waals surface area contributed by atoms with Crippen LogP contribution in [0.25, 0.3) is 10.8 Å². The Morgan fingerprint density at radius 1 is 0.864 bits per heavy atom. The van der Waals surface area contributed by atoms with Crippen LogP contribution in [-0.2, 0) is 12.2 Å². The fourth-order valence-electron chi connectivity index (χ4n) is 2.44. The Balaban J connectivity index is 1.85. The van der Waals surface area contributed by atoms with E-state index in [2.05, 4.69) is 0 Å². The van der Waals surface area contributed by atoms with E-state index in [4.69, 9.17) is 4.74 Å². The molecule has 2 nitrogen and oxygen atoms in total. The van der Waals surface area contributed by atoms with Crippen molar-refractivity contribution in [2.45, 2.75) is 26.1 Å². The lowest BCUT2D eigenvalue weighted by atomic mass is 9.95. The topological polar surface area (TPSA) is 29.5 Å². The Bertz CT molecular complexity index is 771. The maximum absolute atomic E-state index is 10.1. The van der Waals surface area contributed by atoms with Crippen molar-refractivity contribution in [3.05, 3.63) is 77.9 Å². The minimum absolute atomic E-state index is 0.553. The minimum atomic E-state index is -0.838. The molecule has 0 aliphatic rings. The van der Waals surface area contributed by atoms with Crippen molar-refractivity contribution in [3.8, 4) is 5.75 Å². The molecule has 3 aromatic rings. The maximum Gasteiger partial charge on any atom is 0.120 e. The summed E-state index contributed by atoms with van der Waals surface area (Å²) in [6.45, 7) is 4.14. The Morgan fingerprint density at radius 2 is 1.59 bits per heavy atom. The Morgan fingerprint density at radius 3 is 2.32 bits per heavy atom. The van der Waals surface area contributed by atoms with Crippen LogP contribution in [-0.4, -0.2) is 5.11 Å². The predicted molar refractivity (Wildman–Crippen MR) is 90.0 cm³/mol. The summed E-state index contributed by atoms with van der Waals surface area (Å²) in [6, 6.07) is 22.2. The number of hydrogen-bond donors (Lipinski definition) is 1. The van der Waals surface area contributed by atoms with E-state index in [-0.39, 0.29) is 0 Å². The molecule has 0 radical (unpaired) electrons. The van der Waals surface area contributed by atoms with E-state index in [1.807, 2.05) is 66.7 Å². The van der Waals surface area contributed by atoms with Crippen molar-refractivity contribution in [1.29, 1.82) is 0 Å². The van der Waals surface area contributed by atoms with Crippen molar-refractivity contribution in [2.24, 2.45) is 0 Å². The van der Waals surface area contributed by atoms with Crippen LogP contribution < -0.4 is 4.74 Å². The highest BCUT2D eigenvalue weighted by atomic mass is 16.5. The summed E-state index contributed by atoms with van der Waals surface area (Å²) in [6.07, 6.45) is 0. The quantitative estimate of drug-likeness (QED) is 0.758. The molecule has 2 heteroatoms. The second-order valence-electron chi connectivity index (χ2n) is 6.06. The SMILES string of the molecule is CC(C)(O)c1ccc2ccc(OCc3ccccc3)cc2c1. The third-order valence-corrected chi connectivity index (χ3v) is 3.77. The van der Waals surface area contributed by atoms with Gasteiger partial charge in [0, 0.05) is 0 Å². The molecule has 3 rings (SSSR count). The van der Waals surface area contributed by atoms with Gasteiger partial charge in [-0.3, -0.25) is 0 Å². The van der Waals surface area contributed by atoms with E-state index in [0.717, 1.165) is 27.6 Å². The molecule has 22 heavy (non-hydrogen) atoms. The molecule has 0 heterocycles. The van der Waals surface area contributed by atoms with Gasteiger partial charge < -0.3 is 9.84 Å². The fourth-order valence-corrected chi connectivity index (χ4v) is 2.44. The number of aliphatic hydroxyl groups is 1. The molecular formula is C20H20O2. The van der Waals surface area contributed by atoms with E-state index >= 15 is 0 Å². The van der Waals surface area contributed by atoms with E-state index in [0.29, 0.717) is 6.61 Å². The lowest BCUT2D eigenvalue weighted by Gasteiger charge is -2.18. The number of fused-ring (bicyclic) bond motifs is 1. The van der Waals surface area contributed by atoms with E-state index in [9.17, 15) is 5.11 Å². The van der Waals surface area contributed by atoms with Gasteiger partial charge in [0.05, 0.1) is 5.60 Å². The van der Waals surface area contributed by atoms with Gasteiger partial charge in [-0.15, -0.1) is 0 Å².